The van der Waals surface area contributed by atoms with Gasteiger partial charge in [0.25, 0.3) is 11.8 Å². The molecular weight excluding hydrogens is 312 g/mol. The summed E-state index contributed by atoms with van der Waals surface area (Å²) in [5.74, 6) is -2.07. The highest BCUT2D eigenvalue weighted by Crippen LogP contribution is 2.38. The second-order valence-electron chi connectivity index (χ2n) is 5.79. The van der Waals surface area contributed by atoms with E-state index < -0.39 is 23.3 Å². The van der Waals surface area contributed by atoms with Crippen molar-refractivity contribution in [2.75, 3.05) is 0 Å². The molecule has 1 saturated carbocycles. The van der Waals surface area contributed by atoms with Gasteiger partial charge in [-0.3, -0.25) is 14.4 Å². The fourth-order valence-electron chi connectivity index (χ4n) is 2.68. The van der Waals surface area contributed by atoms with Crippen LogP contribution < -0.4 is 5.56 Å². The van der Waals surface area contributed by atoms with Gasteiger partial charge in [-0.1, -0.05) is 17.2 Å². The average molecular weight is 324 g/mol. The first-order valence-electron chi connectivity index (χ1n) is 7.49. The molecule has 7 heteroatoms. The molecule has 1 aromatic carbocycles. The van der Waals surface area contributed by atoms with Crippen molar-refractivity contribution in [3.63, 3.8) is 0 Å². The number of nitrogens with zero attached hydrogens (tertiary/aromatic N) is 1. The Labute approximate surface area is 135 Å². The van der Waals surface area contributed by atoms with E-state index in [0.717, 1.165) is 18.9 Å². The molecule has 4 rings (SSSR count). The van der Waals surface area contributed by atoms with Gasteiger partial charge in [0.15, 0.2) is 0 Å². The molecule has 0 bridgehead atoms. The monoisotopic (exact) mass is 324 g/mol. The van der Waals surface area contributed by atoms with Crippen LogP contribution in [0.25, 0.3) is 0 Å². The van der Waals surface area contributed by atoms with Gasteiger partial charge in [-0.15, -0.1) is 0 Å². The molecule has 2 aliphatic rings. The van der Waals surface area contributed by atoms with Crippen LogP contribution in [-0.4, -0.2) is 27.8 Å². The Bertz CT molecular complexity index is 907. The molecule has 0 spiro atoms. The molecule has 0 radical (unpaired) electrons. The first-order chi connectivity index (χ1) is 11.5. The maximum atomic E-state index is 12.3. The van der Waals surface area contributed by atoms with E-state index in [0.29, 0.717) is 10.8 Å². The SMILES string of the molecule is O=C(ON1C(=O)c2ccccc2C1=O)c1cc(C2CC2)[nH]c(=O)c1. The van der Waals surface area contributed by atoms with Crippen LogP contribution in [0.2, 0.25) is 0 Å². The summed E-state index contributed by atoms with van der Waals surface area (Å²) in [6.45, 7) is 0. The number of fused-ring (bicyclic) bond motifs is 1. The van der Waals surface area contributed by atoms with Crippen LogP contribution in [0.1, 0.15) is 55.5 Å². The van der Waals surface area contributed by atoms with Crippen molar-refractivity contribution in [2.24, 2.45) is 0 Å². The number of nitrogens with one attached hydrogen (secondary N) is 1. The van der Waals surface area contributed by atoms with Crippen molar-refractivity contribution in [3.05, 3.63) is 69.1 Å². The highest BCUT2D eigenvalue weighted by molar-refractivity contribution is 6.21. The molecule has 1 aromatic heterocycles. The van der Waals surface area contributed by atoms with E-state index in [1.165, 1.54) is 18.2 Å². The maximum Gasteiger partial charge on any atom is 0.364 e. The number of H-pyrrole nitrogens is 1. The second kappa shape index (κ2) is 5.16. The predicted octanol–water partition coefficient (Wildman–Crippen LogP) is 1.62. The number of benzene rings is 1. The quantitative estimate of drug-likeness (QED) is 0.865. The van der Waals surface area contributed by atoms with Gasteiger partial charge in [0.1, 0.15) is 0 Å². The van der Waals surface area contributed by atoms with E-state index in [1.54, 1.807) is 12.1 Å². The summed E-state index contributed by atoms with van der Waals surface area (Å²) in [6, 6.07) is 8.83. The normalized spacial score (nSPS) is 16.2. The summed E-state index contributed by atoms with van der Waals surface area (Å²) in [5, 5.41) is 0.436. The molecule has 0 saturated heterocycles. The molecular formula is C17H12N2O5. The maximum absolute atomic E-state index is 12.3. The molecule has 0 atom stereocenters. The van der Waals surface area contributed by atoms with E-state index in [9.17, 15) is 19.2 Å². The van der Waals surface area contributed by atoms with Crippen molar-refractivity contribution in [2.45, 2.75) is 18.8 Å². The highest BCUT2D eigenvalue weighted by atomic mass is 16.7. The number of carbonyl (C=O) groups is 3. The number of carbonyl (C=O) groups excluding carboxylic acids is 3. The Hall–Kier alpha value is -3.22. The third-order valence-corrected chi connectivity index (χ3v) is 4.05. The standard InChI is InChI=1S/C17H12N2O5/c20-14-8-10(7-13(18-14)9-5-6-9)17(23)24-19-15(21)11-3-1-2-4-12(11)16(19)22/h1-4,7-9H,5-6H2,(H,18,20). The molecule has 7 nitrogen and oxygen atoms in total. The molecule has 1 N–H and O–H groups in total. The lowest BCUT2D eigenvalue weighted by Crippen LogP contribution is -2.33. The number of rotatable bonds is 3. The van der Waals surface area contributed by atoms with E-state index in [-0.39, 0.29) is 22.6 Å². The van der Waals surface area contributed by atoms with Crippen LogP contribution >= 0.6 is 0 Å². The van der Waals surface area contributed by atoms with Crippen molar-refractivity contribution < 1.29 is 19.2 Å². The van der Waals surface area contributed by atoms with Crippen LogP contribution in [0, 0.1) is 0 Å². The second-order valence-corrected chi connectivity index (χ2v) is 5.79. The number of aromatic amines is 1. The molecule has 0 unspecified atom stereocenters. The van der Waals surface area contributed by atoms with Crippen LogP contribution in [0.4, 0.5) is 0 Å². The first kappa shape index (κ1) is 14.4. The lowest BCUT2D eigenvalue weighted by Gasteiger charge is -2.12. The number of pyridine rings is 1. The summed E-state index contributed by atoms with van der Waals surface area (Å²) in [7, 11) is 0. The van der Waals surface area contributed by atoms with Crippen molar-refractivity contribution in [1.29, 1.82) is 0 Å². The summed E-state index contributed by atoms with van der Waals surface area (Å²) in [6.07, 6.45) is 1.90. The molecule has 120 valence electrons. The van der Waals surface area contributed by atoms with Crippen molar-refractivity contribution >= 4 is 17.8 Å². The summed E-state index contributed by atoms with van der Waals surface area (Å²) in [5.41, 5.74) is 0.613. The Morgan fingerprint density at radius 3 is 2.25 bits per heavy atom. The van der Waals surface area contributed by atoms with E-state index in [2.05, 4.69) is 4.98 Å². The Kier molecular flexibility index (Phi) is 3.09. The smallest absolute Gasteiger partial charge is 0.326 e. The molecule has 24 heavy (non-hydrogen) atoms. The third-order valence-electron chi connectivity index (χ3n) is 4.05. The molecule has 2 aromatic rings. The third kappa shape index (κ3) is 2.30. The molecule has 1 fully saturated rings. The number of aromatic nitrogens is 1. The summed E-state index contributed by atoms with van der Waals surface area (Å²) < 4.78 is 0. The molecule has 2 heterocycles. The van der Waals surface area contributed by atoms with E-state index in [4.69, 9.17) is 4.84 Å². The molecule has 1 aliphatic heterocycles. The predicted molar refractivity (Wildman–Crippen MR) is 81.4 cm³/mol. The van der Waals surface area contributed by atoms with Gasteiger partial charge in [-0.2, -0.15) is 0 Å². The van der Waals surface area contributed by atoms with Gasteiger partial charge in [-0.05, 0) is 37.0 Å². The van der Waals surface area contributed by atoms with Crippen molar-refractivity contribution in [3.8, 4) is 0 Å². The number of amides is 2. The molecule has 2 amide bonds. The molecule has 1 aliphatic carbocycles. The van der Waals surface area contributed by atoms with Gasteiger partial charge in [0.2, 0.25) is 5.56 Å². The van der Waals surface area contributed by atoms with Gasteiger partial charge in [0.05, 0.1) is 16.7 Å². The topological polar surface area (TPSA) is 96.5 Å². The minimum Gasteiger partial charge on any atom is -0.326 e. The first-order valence-corrected chi connectivity index (χ1v) is 7.49. The minimum atomic E-state index is -0.919. The van der Waals surface area contributed by atoms with Gasteiger partial charge in [-0.25, -0.2) is 4.79 Å². The Morgan fingerprint density at radius 1 is 1.04 bits per heavy atom. The zero-order chi connectivity index (χ0) is 16.8. The van der Waals surface area contributed by atoms with Gasteiger partial charge >= 0.3 is 5.97 Å². The van der Waals surface area contributed by atoms with E-state index >= 15 is 0 Å². The number of imide groups is 1. The Morgan fingerprint density at radius 2 is 1.67 bits per heavy atom. The zero-order valence-corrected chi connectivity index (χ0v) is 12.4. The minimum absolute atomic E-state index is 0.0113. The largest absolute Gasteiger partial charge is 0.364 e. The fourth-order valence-corrected chi connectivity index (χ4v) is 2.68. The van der Waals surface area contributed by atoms with Gasteiger partial charge < -0.3 is 9.82 Å². The summed E-state index contributed by atoms with van der Waals surface area (Å²) in [4.78, 5) is 56.0. The van der Waals surface area contributed by atoms with Crippen LogP contribution in [0.5, 0.6) is 0 Å². The number of hydrogen-bond donors (Lipinski definition) is 1. The lowest BCUT2D eigenvalue weighted by molar-refractivity contribution is -0.0584. The zero-order valence-electron chi connectivity index (χ0n) is 12.4. The number of hydrogen-bond acceptors (Lipinski definition) is 5. The Balaban J connectivity index is 1.60. The lowest BCUT2D eigenvalue weighted by atomic mass is 10.1. The fraction of sp³-hybridized carbons (Fsp3) is 0.176. The van der Waals surface area contributed by atoms with Crippen LogP contribution in [0.15, 0.2) is 41.2 Å². The summed E-state index contributed by atoms with van der Waals surface area (Å²) >= 11 is 0. The van der Waals surface area contributed by atoms with E-state index in [1.807, 2.05) is 0 Å². The highest BCUT2D eigenvalue weighted by Gasteiger charge is 2.39. The van der Waals surface area contributed by atoms with Crippen molar-refractivity contribution in [1.82, 2.24) is 10.0 Å². The van der Waals surface area contributed by atoms with Crippen LogP contribution in [-0.2, 0) is 4.84 Å². The number of hydroxylamine groups is 2. The van der Waals surface area contributed by atoms with Crippen LogP contribution in [0.3, 0.4) is 0 Å². The van der Waals surface area contributed by atoms with Gasteiger partial charge in [0, 0.05) is 11.8 Å². The average Bonchev–Trinajstić information content (AvgIpc) is 3.39.